The number of hydrogen-bond acceptors (Lipinski definition) is 6. The fourth-order valence-corrected chi connectivity index (χ4v) is 3.90. The third-order valence-corrected chi connectivity index (χ3v) is 5.94. The van der Waals surface area contributed by atoms with Crippen molar-refractivity contribution in [1.29, 1.82) is 0 Å². The summed E-state index contributed by atoms with van der Waals surface area (Å²) < 4.78 is 10.3. The maximum atomic E-state index is 14.0. The summed E-state index contributed by atoms with van der Waals surface area (Å²) >= 11 is 0. The van der Waals surface area contributed by atoms with E-state index in [9.17, 15) is 19.2 Å². The van der Waals surface area contributed by atoms with Crippen LogP contribution in [0.5, 0.6) is 0 Å². The molecule has 2 rings (SSSR count). The monoisotopic (exact) mass is 549 g/mol. The molecule has 2 atom stereocenters. The molecule has 0 aliphatic heterocycles. The Bertz CT molecular complexity index is 1230. The van der Waals surface area contributed by atoms with Crippen LogP contribution >= 0.6 is 0 Å². The molecule has 214 valence electrons. The SMILES string of the molecule is C#CN(C(=O)C(Cc1ccccc1)NC(=O)OC(C)(C)C)C(C(=O)NCCC(=O)OCC)c1ccc(C)c(C)c1. The first-order chi connectivity index (χ1) is 18.9. The number of esters is 1. The Morgan fingerprint density at radius 3 is 2.27 bits per heavy atom. The minimum absolute atomic E-state index is 0.00475. The van der Waals surface area contributed by atoms with Gasteiger partial charge in [0.25, 0.3) is 5.91 Å². The molecule has 0 aromatic heterocycles. The van der Waals surface area contributed by atoms with Crippen LogP contribution in [0.2, 0.25) is 0 Å². The smallest absolute Gasteiger partial charge is 0.408 e. The molecule has 2 N–H and O–H groups in total. The van der Waals surface area contributed by atoms with Crippen molar-refractivity contribution in [3.8, 4) is 12.5 Å². The molecule has 9 heteroatoms. The van der Waals surface area contributed by atoms with E-state index in [2.05, 4.69) is 16.7 Å². The molecule has 0 aliphatic carbocycles. The van der Waals surface area contributed by atoms with Crippen molar-refractivity contribution in [3.63, 3.8) is 0 Å². The Labute approximate surface area is 236 Å². The number of amides is 3. The van der Waals surface area contributed by atoms with E-state index in [0.717, 1.165) is 21.6 Å². The van der Waals surface area contributed by atoms with Crippen LogP contribution in [0.1, 0.15) is 62.4 Å². The lowest BCUT2D eigenvalue weighted by atomic mass is 9.98. The van der Waals surface area contributed by atoms with Gasteiger partial charge in [-0.05, 0) is 63.8 Å². The predicted octanol–water partition coefficient (Wildman–Crippen LogP) is 3.97. The van der Waals surface area contributed by atoms with E-state index in [0.29, 0.717) is 5.56 Å². The molecular formula is C31H39N3O6. The highest BCUT2D eigenvalue weighted by Crippen LogP contribution is 2.25. The largest absolute Gasteiger partial charge is 0.466 e. The second-order valence-electron chi connectivity index (χ2n) is 10.3. The van der Waals surface area contributed by atoms with Crippen molar-refractivity contribution in [1.82, 2.24) is 15.5 Å². The van der Waals surface area contributed by atoms with Gasteiger partial charge < -0.3 is 20.1 Å². The molecule has 0 heterocycles. The topological polar surface area (TPSA) is 114 Å². The van der Waals surface area contributed by atoms with Crippen molar-refractivity contribution in [2.24, 2.45) is 0 Å². The third kappa shape index (κ3) is 9.77. The summed E-state index contributed by atoms with van der Waals surface area (Å²) in [6, 6.07) is 14.5. The molecule has 40 heavy (non-hydrogen) atoms. The van der Waals surface area contributed by atoms with Crippen LogP contribution in [0.3, 0.4) is 0 Å². The molecule has 0 radical (unpaired) electrons. The summed E-state index contributed by atoms with van der Waals surface area (Å²) in [5.74, 6) is -1.70. The van der Waals surface area contributed by atoms with Crippen LogP contribution in [0, 0.1) is 26.3 Å². The van der Waals surface area contributed by atoms with Crippen molar-refractivity contribution in [2.45, 2.75) is 72.1 Å². The zero-order chi connectivity index (χ0) is 29.9. The predicted molar refractivity (Wildman–Crippen MR) is 152 cm³/mol. The summed E-state index contributed by atoms with van der Waals surface area (Å²) in [6.45, 7) is 10.9. The number of carbonyl (C=O) groups is 4. The van der Waals surface area contributed by atoms with Crippen LogP contribution in [-0.4, -0.2) is 53.6 Å². The highest BCUT2D eigenvalue weighted by atomic mass is 16.6. The highest BCUT2D eigenvalue weighted by molar-refractivity contribution is 5.93. The number of nitrogens with zero attached hydrogens (tertiary/aromatic N) is 1. The number of nitrogens with one attached hydrogen (secondary N) is 2. The second-order valence-corrected chi connectivity index (χ2v) is 10.3. The minimum Gasteiger partial charge on any atom is -0.466 e. The van der Waals surface area contributed by atoms with Gasteiger partial charge in [-0.2, -0.15) is 0 Å². The summed E-state index contributed by atoms with van der Waals surface area (Å²) in [4.78, 5) is 53.0. The first-order valence-corrected chi connectivity index (χ1v) is 13.2. The Morgan fingerprint density at radius 1 is 1.02 bits per heavy atom. The Balaban J connectivity index is 2.44. The lowest BCUT2D eigenvalue weighted by Gasteiger charge is -2.30. The van der Waals surface area contributed by atoms with E-state index in [-0.39, 0.29) is 26.0 Å². The maximum Gasteiger partial charge on any atom is 0.408 e. The van der Waals surface area contributed by atoms with Gasteiger partial charge in [0.2, 0.25) is 5.91 Å². The first kappa shape index (κ1) is 31.9. The highest BCUT2D eigenvalue weighted by Gasteiger charge is 2.36. The quantitative estimate of drug-likeness (QED) is 0.249. The van der Waals surface area contributed by atoms with Gasteiger partial charge in [-0.1, -0.05) is 55.0 Å². The molecule has 2 unspecified atom stereocenters. The number of aryl methyl sites for hydroxylation is 2. The lowest BCUT2D eigenvalue weighted by Crippen LogP contribution is -2.52. The van der Waals surface area contributed by atoms with Gasteiger partial charge in [0.05, 0.1) is 13.0 Å². The number of hydrogen-bond donors (Lipinski definition) is 2. The fourth-order valence-electron chi connectivity index (χ4n) is 3.90. The van der Waals surface area contributed by atoms with Gasteiger partial charge in [-0.25, -0.2) is 4.79 Å². The number of terminal acetylenes is 1. The van der Waals surface area contributed by atoms with Crippen molar-refractivity contribution >= 4 is 23.9 Å². The summed E-state index contributed by atoms with van der Waals surface area (Å²) in [5, 5.41) is 5.33. The molecule has 0 fully saturated rings. The third-order valence-electron chi connectivity index (χ3n) is 5.94. The van der Waals surface area contributed by atoms with E-state index in [1.165, 1.54) is 0 Å². The molecule has 9 nitrogen and oxygen atoms in total. The molecule has 2 aromatic carbocycles. The van der Waals surface area contributed by atoms with Gasteiger partial charge >= 0.3 is 12.1 Å². The van der Waals surface area contributed by atoms with E-state index < -0.39 is 41.6 Å². The molecule has 0 bridgehead atoms. The number of carbonyl (C=O) groups excluding carboxylic acids is 4. The summed E-state index contributed by atoms with van der Waals surface area (Å²) in [6.07, 6.45) is 5.13. The molecule has 0 spiro atoms. The molecule has 3 amide bonds. The van der Waals surface area contributed by atoms with E-state index in [1.54, 1.807) is 39.8 Å². The minimum atomic E-state index is -1.22. The average Bonchev–Trinajstić information content (AvgIpc) is 2.87. The first-order valence-electron chi connectivity index (χ1n) is 13.2. The average molecular weight is 550 g/mol. The van der Waals surface area contributed by atoms with E-state index >= 15 is 0 Å². The Morgan fingerprint density at radius 2 is 1.70 bits per heavy atom. The molecular weight excluding hydrogens is 510 g/mol. The lowest BCUT2D eigenvalue weighted by molar-refractivity contribution is -0.143. The number of ether oxygens (including phenoxy) is 2. The van der Waals surface area contributed by atoms with Crippen LogP contribution in [0.4, 0.5) is 4.79 Å². The Kier molecular flexibility index (Phi) is 11.7. The van der Waals surface area contributed by atoms with E-state index in [1.807, 2.05) is 50.2 Å². The van der Waals surface area contributed by atoms with Gasteiger partial charge in [0, 0.05) is 19.0 Å². The van der Waals surface area contributed by atoms with Gasteiger partial charge in [0.15, 0.2) is 0 Å². The standard InChI is InChI=1S/C31H39N3O6/c1-8-34(29(37)25(20-23-13-11-10-12-14-23)33-30(38)40-31(5,6)7)27(24-16-15-21(3)22(4)19-24)28(36)32-18-17-26(35)39-9-2/h1,10-16,19,25,27H,9,17-18,20H2,2-7H3,(H,32,36)(H,33,38). The van der Waals surface area contributed by atoms with Crippen LogP contribution in [0.15, 0.2) is 48.5 Å². The number of alkyl carbamates (subject to hydrolysis) is 1. The maximum absolute atomic E-state index is 14.0. The summed E-state index contributed by atoms with van der Waals surface area (Å²) in [5.41, 5.74) is 2.36. The van der Waals surface area contributed by atoms with E-state index in [4.69, 9.17) is 15.9 Å². The van der Waals surface area contributed by atoms with Crippen LogP contribution in [0.25, 0.3) is 0 Å². The molecule has 0 aliphatic rings. The number of rotatable bonds is 11. The normalized spacial score (nSPS) is 12.3. The van der Waals surface area contributed by atoms with Gasteiger partial charge in [0.1, 0.15) is 17.7 Å². The fraction of sp³-hybridized carbons (Fsp3) is 0.419. The molecule has 0 saturated heterocycles. The van der Waals surface area contributed by atoms with Gasteiger partial charge in [-0.15, -0.1) is 0 Å². The van der Waals surface area contributed by atoms with Crippen molar-refractivity contribution in [2.75, 3.05) is 13.2 Å². The van der Waals surface area contributed by atoms with Crippen LogP contribution in [-0.2, 0) is 30.3 Å². The molecule has 0 saturated carbocycles. The zero-order valence-corrected chi connectivity index (χ0v) is 24.1. The number of benzene rings is 2. The Hall–Kier alpha value is -4.32. The van der Waals surface area contributed by atoms with Crippen molar-refractivity contribution < 1.29 is 28.7 Å². The van der Waals surface area contributed by atoms with Gasteiger partial charge in [-0.3, -0.25) is 19.3 Å². The van der Waals surface area contributed by atoms with Crippen LogP contribution < -0.4 is 10.6 Å². The summed E-state index contributed by atoms with van der Waals surface area (Å²) in [7, 11) is 0. The molecule has 2 aromatic rings. The van der Waals surface area contributed by atoms with Crippen molar-refractivity contribution in [3.05, 3.63) is 70.8 Å². The second kappa shape index (κ2) is 14.7. The zero-order valence-electron chi connectivity index (χ0n) is 24.1.